The van der Waals surface area contributed by atoms with Gasteiger partial charge in [0.25, 0.3) is 0 Å². The van der Waals surface area contributed by atoms with Crippen LogP contribution in [0.4, 0.5) is 4.79 Å². The highest BCUT2D eigenvalue weighted by Crippen LogP contribution is 2.25. The summed E-state index contributed by atoms with van der Waals surface area (Å²) in [5, 5.41) is 1.79. The zero-order valence-corrected chi connectivity index (χ0v) is 24.5. The summed E-state index contributed by atoms with van der Waals surface area (Å²) in [6.07, 6.45) is 2.75. The number of carbonyl (C=O) groups excluding carboxylic acids is 3. The predicted molar refractivity (Wildman–Crippen MR) is 165 cm³/mol. The molecule has 0 radical (unpaired) electrons. The molecular formula is C34H36N4O5. The Labute approximate surface area is 250 Å². The number of hydrogen-bond acceptors (Lipinski definition) is 6. The van der Waals surface area contributed by atoms with Crippen LogP contribution in [0.1, 0.15) is 37.5 Å². The summed E-state index contributed by atoms with van der Waals surface area (Å²) in [7, 11) is 0. The van der Waals surface area contributed by atoms with E-state index < -0.39 is 35.7 Å². The number of fused-ring (bicyclic) bond motifs is 2. The lowest BCUT2D eigenvalue weighted by Gasteiger charge is -2.32. The van der Waals surface area contributed by atoms with Crippen LogP contribution < -0.4 is 5.73 Å². The number of esters is 1. The highest BCUT2D eigenvalue weighted by molar-refractivity contribution is 6.00. The lowest BCUT2D eigenvalue weighted by Crippen LogP contribution is -2.56. The number of rotatable bonds is 9. The van der Waals surface area contributed by atoms with Gasteiger partial charge in [0.2, 0.25) is 5.91 Å². The van der Waals surface area contributed by atoms with Gasteiger partial charge in [-0.1, -0.05) is 66.7 Å². The highest BCUT2D eigenvalue weighted by Gasteiger charge is 2.41. The van der Waals surface area contributed by atoms with Crippen LogP contribution in [0.5, 0.6) is 0 Å². The van der Waals surface area contributed by atoms with Crippen molar-refractivity contribution in [3.8, 4) is 0 Å². The first kappa shape index (κ1) is 29.6. The Balaban J connectivity index is 1.50. The second-order valence-electron chi connectivity index (χ2n) is 11.5. The Hall–Kier alpha value is -4.89. The van der Waals surface area contributed by atoms with Crippen LogP contribution in [0, 0.1) is 0 Å². The molecule has 0 unspecified atom stereocenters. The monoisotopic (exact) mass is 580 g/mol. The number of aromatic nitrogens is 2. The lowest BCUT2D eigenvalue weighted by molar-refractivity contribution is -0.156. The summed E-state index contributed by atoms with van der Waals surface area (Å²) >= 11 is 0. The molecular weight excluding hydrogens is 544 g/mol. The van der Waals surface area contributed by atoms with Crippen LogP contribution in [0.3, 0.4) is 0 Å². The van der Waals surface area contributed by atoms with Crippen LogP contribution in [0.25, 0.3) is 21.8 Å². The van der Waals surface area contributed by atoms with Gasteiger partial charge in [-0.15, -0.1) is 0 Å². The molecule has 2 atom stereocenters. The number of amides is 2. The maximum absolute atomic E-state index is 14.1. The quantitative estimate of drug-likeness (QED) is 0.194. The molecule has 222 valence electrons. The van der Waals surface area contributed by atoms with E-state index in [-0.39, 0.29) is 19.4 Å². The van der Waals surface area contributed by atoms with Crippen molar-refractivity contribution < 1.29 is 23.9 Å². The number of para-hydroxylation sites is 2. The molecule has 5 aromatic rings. The third kappa shape index (κ3) is 6.95. The van der Waals surface area contributed by atoms with Crippen molar-refractivity contribution >= 4 is 39.8 Å². The molecule has 0 aliphatic rings. The molecule has 0 fully saturated rings. The molecule has 0 saturated carbocycles. The third-order valence-electron chi connectivity index (χ3n) is 7.16. The normalized spacial score (nSPS) is 13.0. The summed E-state index contributed by atoms with van der Waals surface area (Å²) in [5.74, 6) is -1.48. The molecule has 3 aromatic carbocycles. The largest absolute Gasteiger partial charge is 0.459 e. The molecule has 2 heterocycles. The number of hydrogen-bond donors (Lipinski definition) is 3. The first-order valence-electron chi connectivity index (χ1n) is 14.2. The first-order valence-corrected chi connectivity index (χ1v) is 14.2. The number of aromatic amines is 2. The molecule has 0 aliphatic heterocycles. The maximum Gasteiger partial charge on any atom is 0.417 e. The fourth-order valence-corrected chi connectivity index (χ4v) is 5.10. The number of nitrogens with zero attached hydrogens (tertiary/aromatic N) is 1. The number of ether oxygens (including phenoxy) is 2. The molecule has 0 saturated heterocycles. The zero-order chi connectivity index (χ0) is 30.6. The molecule has 2 aromatic heterocycles. The van der Waals surface area contributed by atoms with Crippen LogP contribution in [0.2, 0.25) is 0 Å². The molecule has 0 aliphatic carbocycles. The Morgan fingerprint density at radius 3 is 1.91 bits per heavy atom. The van der Waals surface area contributed by atoms with Gasteiger partial charge in [-0.2, -0.15) is 0 Å². The Bertz CT molecular complexity index is 1730. The summed E-state index contributed by atoms with van der Waals surface area (Å²) in [6, 6.07) is 22.0. The van der Waals surface area contributed by atoms with E-state index in [2.05, 4.69) is 9.97 Å². The van der Waals surface area contributed by atoms with E-state index in [1.54, 1.807) is 33.2 Å². The average Bonchev–Trinajstić information content (AvgIpc) is 3.59. The summed E-state index contributed by atoms with van der Waals surface area (Å²) < 4.78 is 11.4. The third-order valence-corrected chi connectivity index (χ3v) is 7.16. The minimum atomic E-state index is -1.33. The highest BCUT2D eigenvalue weighted by atomic mass is 16.6. The SMILES string of the molecule is CC(C)(C)OC(=O)N(C(=O)[C@@H](N)Cc1c[nH]c2ccccc12)[C@@H](Cc1c[nH]c2ccccc12)C(=O)OCc1ccccc1. The van der Waals surface area contributed by atoms with E-state index >= 15 is 0 Å². The van der Waals surface area contributed by atoms with Gasteiger partial charge in [-0.05, 0) is 56.0 Å². The number of carbonyl (C=O) groups is 3. The van der Waals surface area contributed by atoms with Gasteiger partial charge in [-0.25, -0.2) is 14.5 Å². The number of nitrogens with two attached hydrogens (primary N) is 1. The number of imide groups is 1. The summed E-state index contributed by atoms with van der Waals surface area (Å²) in [5.41, 5.74) is 9.66. The van der Waals surface area contributed by atoms with Crippen molar-refractivity contribution in [2.45, 2.75) is 57.9 Å². The Morgan fingerprint density at radius 1 is 0.791 bits per heavy atom. The number of benzene rings is 3. The van der Waals surface area contributed by atoms with E-state index in [1.165, 1.54) is 0 Å². The molecule has 5 rings (SSSR count). The van der Waals surface area contributed by atoms with Gasteiger partial charge in [0.1, 0.15) is 18.2 Å². The van der Waals surface area contributed by atoms with E-state index in [1.807, 2.05) is 78.9 Å². The van der Waals surface area contributed by atoms with Crippen LogP contribution in [0.15, 0.2) is 91.3 Å². The fourth-order valence-electron chi connectivity index (χ4n) is 5.10. The number of H-pyrrole nitrogens is 2. The first-order chi connectivity index (χ1) is 20.6. The van der Waals surface area contributed by atoms with Gasteiger partial charge in [-0.3, -0.25) is 4.79 Å². The molecule has 0 spiro atoms. The van der Waals surface area contributed by atoms with Crippen LogP contribution in [-0.2, 0) is 38.5 Å². The topological polar surface area (TPSA) is 131 Å². The molecule has 43 heavy (non-hydrogen) atoms. The van der Waals surface area contributed by atoms with E-state index in [9.17, 15) is 14.4 Å². The average molecular weight is 581 g/mol. The minimum Gasteiger partial charge on any atom is -0.459 e. The number of nitrogens with one attached hydrogen (secondary N) is 2. The molecule has 0 bridgehead atoms. The van der Waals surface area contributed by atoms with E-state index in [0.29, 0.717) is 0 Å². The lowest BCUT2D eigenvalue weighted by atomic mass is 10.0. The Kier molecular flexibility index (Phi) is 8.63. The minimum absolute atomic E-state index is 0.00241. The molecule has 4 N–H and O–H groups in total. The standard InChI is InChI=1S/C34H36N4O5/c1-34(2,3)43-33(41)38(31(39)27(35)17-23-19-36-28-15-9-7-13-25(23)28)30(32(40)42-21-22-11-5-4-6-12-22)18-24-20-37-29-16-10-8-14-26(24)29/h4-16,19-20,27,30,36-37H,17-18,21,35H2,1-3H3/t27-,30-/m0/s1. The summed E-state index contributed by atoms with van der Waals surface area (Å²) in [6.45, 7) is 5.06. The van der Waals surface area contributed by atoms with Gasteiger partial charge in [0, 0.05) is 40.6 Å². The van der Waals surface area contributed by atoms with Gasteiger partial charge in [0.05, 0.1) is 6.04 Å². The zero-order valence-electron chi connectivity index (χ0n) is 24.5. The van der Waals surface area contributed by atoms with Crippen LogP contribution >= 0.6 is 0 Å². The summed E-state index contributed by atoms with van der Waals surface area (Å²) in [4.78, 5) is 48.9. The second-order valence-corrected chi connectivity index (χ2v) is 11.5. The van der Waals surface area contributed by atoms with Gasteiger partial charge in [0.15, 0.2) is 0 Å². The smallest absolute Gasteiger partial charge is 0.417 e. The molecule has 9 heteroatoms. The van der Waals surface area contributed by atoms with Crippen molar-refractivity contribution in [2.24, 2.45) is 5.73 Å². The van der Waals surface area contributed by atoms with E-state index in [0.717, 1.165) is 43.4 Å². The molecule has 9 nitrogen and oxygen atoms in total. The van der Waals surface area contributed by atoms with Gasteiger partial charge < -0.3 is 25.2 Å². The van der Waals surface area contributed by atoms with Crippen molar-refractivity contribution in [1.82, 2.24) is 14.9 Å². The van der Waals surface area contributed by atoms with Crippen molar-refractivity contribution in [2.75, 3.05) is 0 Å². The van der Waals surface area contributed by atoms with Crippen LogP contribution in [-0.4, -0.2) is 50.5 Å². The predicted octanol–water partition coefficient (Wildman–Crippen LogP) is 5.64. The van der Waals surface area contributed by atoms with Gasteiger partial charge >= 0.3 is 12.1 Å². The van der Waals surface area contributed by atoms with Crippen molar-refractivity contribution in [1.29, 1.82) is 0 Å². The second kappa shape index (κ2) is 12.5. The van der Waals surface area contributed by atoms with Crippen molar-refractivity contribution in [3.05, 3.63) is 108 Å². The Morgan fingerprint density at radius 2 is 1.33 bits per heavy atom. The van der Waals surface area contributed by atoms with E-state index in [4.69, 9.17) is 15.2 Å². The fraction of sp³-hybridized carbons (Fsp3) is 0.265. The maximum atomic E-state index is 14.1. The molecule has 2 amide bonds. The van der Waals surface area contributed by atoms with Crippen molar-refractivity contribution in [3.63, 3.8) is 0 Å².